The number of primary sulfonamides is 1. The molecule has 22 heavy (non-hydrogen) atoms. The summed E-state index contributed by atoms with van der Waals surface area (Å²) in [5.74, 6) is -0.120. The second-order valence-corrected chi connectivity index (χ2v) is 8.21. The van der Waals surface area contributed by atoms with E-state index in [0.717, 1.165) is 5.56 Å². The maximum Gasteiger partial charge on any atom is 0.209 e. The van der Waals surface area contributed by atoms with E-state index >= 15 is 0 Å². The van der Waals surface area contributed by atoms with Gasteiger partial charge in [0, 0.05) is 12.6 Å². The van der Waals surface area contributed by atoms with Gasteiger partial charge in [-0.1, -0.05) is 50.3 Å². The van der Waals surface area contributed by atoms with Gasteiger partial charge in [0.05, 0.1) is 18.0 Å². The van der Waals surface area contributed by atoms with Crippen molar-refractivity contribution >= 4 is 10.0 Å². The third kappa shape index (κ3) is 4.92. The zero-order valence-electron chi connectivity index (χ0n) is 13.2. The molecule has 0 radical (unpaired) electrons. The van der Waals surface area contributed by atoms with Gasteiger partial charge >= 0.3 is 0 Å². The predicted molar refractivity (Wildman–Crippen MR) is 85.9 cm³/mol. The van der Waals surface area contributed by atoms with Crippen LogP contribution in [0.3, 0.4) is 0 Å². The largest absolute Gasteiger partial charge is 0.248 e. The highest BCUT2D eigenvalue weighted by atomic mass is 32.2. The SMILES string of the molecule is CC(C)(C)c1cccc(Cn2cc(CCS(N)(=O)=O)nn2)c1. The summed E-state index contributed by atoms with van der Waals surface area (Å²) >= 11 is 0. The van der Waals surface area contributed by atoms with Crippen molar-refractivity contribution in [1.82, 2.24) is 15.0 Å². The van der Waals surface area contributed by atoms with Crippen LogP contribution in [0.2, 0.25) is 0 Å². The van der Waals surface area contributed by atoms with Crippen molar-refractivity contribution in [3.05, 3.63) is 47.3 Å². The smallest absolute Gasteiger partial charge is 0.209 e. The molecule has 0 fully saturated rings. The second kappa shape index (κ2) is 6.18. The Morgan fingerprint density at radius 1 is 1.27 bits per heavy atom. The number of sulfonamides is 1. The van der Waals surface area contributed by atoms with Crippen LogP contribution in [0.25, 0.3) is 0 Å². The first-order chi connectivity index (χ1) is 10.1. The van der Waals surface area contributed by atoms with Crippen molar-refractivity contribution < 1.29 is 8.42 Å². The van der Waals surface area contributed by atoms with Crippen molar-refractivity contribution in [2.75, 3.05) is 5.75 Å². The van der Waals surface area contributed by atoms with Crippen LogP contribution in [0.15, 0.2) is 30.5 Å². The van der Waals surface area contributed by atoms with Gasteiger partial charge in [-0.2, -0.15) is 0 Å². The first kappa shape index (κ1) is 16.6. The van der Waals surface area contributed by atoms with Crippen LogP contribution in [0.1, 0.15) is 37.6 Å². The van der Waals surface area contributed by atoms with E-state index in [1.807, 2.05) is 12.1 Å². The van der Waals surface area contributed by atoms with Crippen molar-refractivity contribution in [2.24, 2.45) is 5.14 Å². The molecule has 0 saturated heterocycles. The van der Waals surface area contributed by atoms with Gasteiger partial charge in [-0.15, -0.1) is 5.10 Å². The third-order valence-electron chi connectivity index (χ3n) is 3.37. The number of hydrogen-bond acceptors (Lipinski definition) is 4. The zero-order chi connectivity index (χ0) is 16.4. The Hall–Kier alpha value is -1.73. The molecule has 0 aliphatic rings. The topological polar surface area (TPSA) is 90.9 Å². The summed E-state index contributed by atoms with van der Waals surface area (Å²) in [6.45, 7) is 7.12. The fourth-order valence-corrected chi connectivity index (χ4v) is 2.59. The highest BCUT2D eigenvalue weighted by molar-refractivity contribution is 7.89. The highest BCUT2D eigenvalue weighted by Gasteiger charge is 2.14. The molecule has 1 aromatic heterocycles. The lowest BCUT2D eigenvalue weighted by Crippen LogP contribution is -2.18. The molecule has 2 N–H and O–H groups in total. The molecule has 0 amide bonds. The highest BCUT2D eigenvalue weighted by Crippen LogP contribution is 2.23. The molecule has 2 rings (SSSR count). The summed E-state index contributed by atoms with van der Waals surface area (Å²) in [6, 6.07) is 8.35. The maximum atomic E-state index is 11.0. The van der Waals surface area contributed by atoms with E-state index in [4.69, 9.17) is 5.14 Å². The Bertz CT molecular complexity index is 745. The standard InChI is InChI=1S/C15H22N4O2S/c1-15(2,3)13-6-4-5-12(9-13)10-19-11-14(17-18-19)7-8-22(16,20)21/h4-6,9,11H,7-8,10H2,1-3H3,(H2,16,20,21). The quantitative estimate of drug-likeness (QED) is 0.902. The van der Waals surface area contributed by atoms with Gasteiger partial charge in [0.15, 0.2) is 0 Å². The summed E-state index contributed by atoms with van der Waals surface area (Å²) in [5, 5.41) is 13.0. The summed E-state index contributed by atoms with van der Waals surface area (Å²) < 4.78 is 23.6. The average molecular weight is 322 g/mol. The van der Waals surface area contributed by atoms with E-state index in [9.17, 15) is 8.42 Å². The Balaban J connectivity index is 2.07. The summed E-state index contributed by atoms with van der Waals surface area (Å²) in [4.78, 5) is 0. The molecule has 0 spiro atoms. The number of aromatic nitrogens is 3. The number of aryl methyl sites for hydroxylation is 1. The number of rotatable bonds is 5. The van der Waals surface area contributed by atoms with Gasteiger partial charge in [0.1, 0.15) is 0 Å². The molecule has 7 heteroatoms. The van der Waals surface area contributed by atoms with Crippen LogP contribution in [-0.2, 0) is 28.4 Å². The summed E-state index contributed by atoms with van der Waals surface area (Å²) in [6.07, 6.45) is 2.04. The fourth-order valence-electron chi connectivity index (χ4n) is 2.10. The molecule has 0 unspecified atom stereocenters. The lowest BCUT2D eigenvalue weighted by Gasteiger charge is -2.19. The molecule has 1 aromatic carbocycles. The number of benzene rings is 1. The minimum absolute atomic E-state index is 0.0963. The Kier molecular flexibility index (Phi) is 4.67. The van der Waals surface area contributed by atoms with E-state index in [2.05, 4.69) is 43.2 Å². The van der Waals surface area contributed by atoms with Crippen LogP contribution in [-0.4, -0.2) is 29.2 Å². The summed E-state index contributed by atoms with van der Waals surface area (Å²) in [7, 11) is -3.47. The minimum Gasteiger partial charge on any atom is -0.248 e. The van der Waals surface area contributed by atoms with E-state index in [0.29, 0.717) is 12.2 Å². The van der Waals surface area contributed by atoms with Crippen molar-refractivity contribution in [2.45, 2.75) is 39.2 Å². The number of hydrogen-bond donors (Lipinski definition) is 1. The number of nitrogens with zero attached hydrogens (tertiary/aromatic N) is 3. The van der Waals surface area contributed by atoms with E-state index in [1.54, 1.807) is 10.9 Å². The van der Waals surface area contributed by atoms with Crippen LogP contribution in [0.4, 0.5) is 0 Å². The molecule has 0 atom stereocenters. The second-order valence-electron chi connectivity index (χ2n) is 6.47. The lowest BCUT2D eigenvalue weighted by molar-refractivity contribution is 0.586. The van der Waals surface area contributed by atoms with Gasteiger partial charge < -0.3 is 0 Å². The first-order valence-electron chi connectivity index (χ1n) is 7.12. The van der Waals surface area contributed by atoms with Gasteiger partial charge in [0.25, 0.3) is 0 Å². The van der Waals surface area contributed by atoms with Gasteiger partial charge in [-0.3, -0.25) is 0 Å². The Morgan fingerprint density at radius 2 is 2.00 bits per heavy atom. The zero-order valence-corrected chi connectivity index (χ0v) is 14.0. The fraction of sp³-hybridized carbons (Fsp3) is 0.467. The van der Waals surface area contributed by atoms with Gasteiger partial charge in [-0.25, -0.2) is 18.2 Å². The maximum absolute atomic E-state index is 11.0. The van der Waals surface area contributed by atoms with Gasteiger partial charge in [0.2, 0.25) is 10.0 Å². The summed E-state index contributed by atoms with van der Waals surface area (Å²) in [5.41, 5.74) is 3.12. The van der Waals surface area contributed by atoms with Crippen molar-refractivity contribution in [3.8, 4) is 0 Å². The molecule has 6 nitrogen and oxygen atoms in total. The molecule has 120 valence electrons. The van der Waals surface area contributed by atoms with E-state index < -0.39 is 10.0 Å². The lowest BCUT2D eigenvalue weighted by atomic mass is 9.86. The molecule has 2 aromatic rings. The van der Waals surface area contributed by atoms with Crippen LogP contribution in [0.5, 0.6) is 0 Å². The minimum atomic E-state index is -3.47. The molecule has 0 aliphatic heterocycles. The predicted octanol–water partition coefficient (Wildman–Crippen LogP) is 1.45. The van der Waals surface area contributed by atoms with Crippen molar-refractivity contribution in [1.29, 1.82) is 0 Å². The molecular weight excluding hydrogens is 300 g/mol. The van der Waals surface area contributed by atoms with E-state index in [-0.39, 0.29) is 17.6 Å². The molecule has 0 saturated carbocycles. The van der Waals surface area contributed by atoms with E-state index in [1.165, 1.54) is 5.56 Å². The monoisotopic (exact) mass is 322 g/mol. The van der Waals surface area contributed by atoms with Crippen LogP contribution < -0.4 is 5.14 Å². The van der Waals surface area contributed by atoms with Gasteiger partial charge in [-0.05, 0) is 16.5 Å². The Labute approximate surface area is 131 Å². The molecule has 0 aliphatic carbocycles. The normalized spacial score (nSPS) is 12.5. The van der Waals surface area contributed by atoms with Crippen LogP contribution in [0, 0.1) is 0 Å². The Morgan fingerprint density at radius 3 is 2.64 bits per heavy atom. The molecular formula is C15H22N4O2S. The number of nitrogens with two attached hydrogens (primary N) is 1. The molecule has 0 bridgehead atoms. The first-order valence-corrected chi connectivity index (χ1v) is 8.84. The average Bonchev–Trinajstić information content (AvgIpc) is 2.83. The molecule has 1 heterocycles. The van der Waals surface area contributed by atoms with Crippen LogP contribution >= 0.6 is 0 Å². The van der Waals surface area contributed by atoms with Crippen molar-refractivity contribution in [3.63, 3.8) is 0 Å². The third-order valence-corrected chi connectivity index (χ3v) is 4.14.